The maximum atomic E-state index is 10.5. The van der Waals surface area contributed by atoms with E-state index in [2.05, 4.69) is 20.2 Å². The molecular formula is C22H13ClN6O. The topological polar surface area (TPSA) is 81.1 Å². The average Bonchev–Trinajstić information content (AvgIpc) is 3.38. The maximum absolute atomic E-state index is 10.5. The molecule has 6 aromatic rings. The largest absolute Gasteiger partial charge is 0.507 e. The van der Waals surface area contributed by atoms with Gasteiger partial charge in [-0.05, 0) is 47.2 Å². The molecule has 1 N–H and O–H groups in total. The second-order valence-corrected chi connectivity index (χ2v) is 7.37. The highest BCUT2D eigenvalue weighted by Crippen LogP contribution is 2.32. The van der Waals surface area contributed by atoms with Gasteiger partial charge in [-0.15, -0.1) is 5.10 Å². The molecule has 0 aliphatic rings. The first kappa shape index (κ1) is 16.9. The molecule has 0 fully saturated rings. The Morgan fingerprint density at radius 3 is 2.47 bits per heavy atom. The summed E-state index contributed by atoms with van der Waals surface area (Å²) in [7, 11) is 0. The lowest BCUT2D eigenvalue weighted by Crippen LogP contribution is -1.98. The van der Waals surface area contributed by atoms with Crippen molar-refractivity contribution in [1.82, 2.24) is 29.4 Å². The quantitative estimate of drug-likeness (QED) is 0.448. The number of fused-ring (bicyclic) bond motifs is 4. The lowest BCUT2D eigenvalue weighted by molar-refractivity contribution is 0.477. The molecule has 0 unspecified atom stereocenters. The molecule has 0 spiro atoms. The fraction of sp³-hybridized carbons (Fsp3) is 0. The minimum atomic E-state index is 0.130. The number of aromatic hydroxyl groups is 1. The third-order valence-corrected chi connectivity index (χ3v) is 5.33. The molecule has 0 atom stereocenters. The summed E-state index contributed by atoms with van der Waals surface area (Å²) in [5.41, 5.74) is 2.68. The van der Waals surface area contributed by atoms with E-state index in [-0.39, 0.29) is 5.75 Å². The van der Waals surface area contributed by atoms with Crippen LogP contribution in [0.2, 0.25) is 5.02 Å². The lowest BCUT2D eigenvalue weighted by atomic mass is 10.1. The number of hydrogen-bond acceptors (Lipinski definition) is 5. The molecule has 0 saturated heterocycles. The fourth-order valence-corrected chi connectivity index (χ4v) is 3.74. The molecule has 0 bridgehead atoms. The third kappa shape index (κ3) is 2.53. The number of nitrogens with zero attached hydrogens (tertiary/aromatic N) is 6. The van der Waals surface area contributed by atoms with Gasteiger partial charge in [0.1, 0.15) is 12.1 Å². The highest BCUT2D eigenvalue weighted by atomic mass is 35.5. The molecule has 144 valence electrons. The van der Waals surface area contributed by atoms with Gasteiger partial charge in [0, 0.05) is 5.02 Å². The summed E-state index contributed by atoms with van der Waals surface area (Å²) in [5, 5.41) is 22.9. The normalized spacial score (nSPS) is 11.6. The monoisotopic (exact) mass is 412 g/mol. The number of hydrogen-bond donors (Lipinski definition) is 1. The lowest BCUT2D eigenvalue weighted by Gasteiger charge is -2.03. The number of rotatable bonds is 2. The van der Waals surface area contributed by atoms with Crippen LogP contribution in [0.3, 0.4) is 0 Å². The molecule has 6 rings (SSSR count). The summed E-state index contributed by atoms with van der Waals surface area (Å²) in [5.74, 6) is 0.553. The molecule has 8 heteroatoms. The van der Waals surface area contributed by atoms with Gasteiger partial charge in [-0.25, -0.2) is 19.2 Å². The van der Waals surface area contributed by atoms with Crippen molar-refractivity contribution in [2.45, 2.75) is 0 Å². The van der Waals surface area contributed by atoms with E-state index in [1.54, 1.807) is 39.9 Å². The van der Waals surface area contributed by atoms with Crippen LogP contribution in [0.5, 0.6) is 5.75 Å². The Balaban J connectivity index is 1.54. The second-order valence-electron chi connectivity index (χ2n) is 6.93. The number of phenols is 1. The summed E-state index contributed by atoms with van der Waals surface area (Å²) in [6.07, 6.45) is 3.31. The van der Waals surface area contributed by atoms with Crippen LogP contribution in [0.4, 0.5) is 0 Å². The minimum absolute atomic E-state index is 0.130. The first-order valence-corrected chi connectivity index (χ1v) is 9.62. The number of benzene rings is 3. The van der Waals surface area contributed by atoms with Gasteiger partial charge in [0.15, 0.2) is 17.1 Å². The molecule has 30 heavy (non-hydrogen) atoms. The van der Waals surface area contributed by atoms with Crippen LogP contribution in [-0.4, -0.2) is 34.5 Å². The van der Waals surface area contributed by atoms with Crippen molar-refractivity contribution in [1.29, 1.82) is 0 Å². The molecule has 0 saturated carbocycles. The van der Waals surface area contributed by atoms with Crippen LogP contribution in [0.1, 0.15) is 0 Å². The highest BCUT2D eigenvalue weighted by molar-refractivity contribution is 6.30. The van der Waals surface area contributed by atoms with Crippen molar-refractivity contribution in [2.75, 3.05) is 0 Å². The van der Waals surface area contributed by atoms with Crippen LogP contribution in [0.15, 0.2) is 73.2 Å². The molecule has 3 aromatic carbocycles. The van der Waals surface area contributed by atoms with Crippen molar-refractivity contribution >= 4 is 39.1 Å². The van der Waals surface area contributed by atoms with E-state index in [9.17, 15) is 5.11 Å². The average molecular weight is 413 g/mol. The van der Waals surface area contributed by atoms with Gasteiger partial charge in [0.2, 0.25) is 0 Å². The Labute approximate surface area is 174 Å². The van der Waals surface area contributed by atoms with Gasteiger partial charge in [0.25, 0.3) is 0 Å². The summed E-state index contributed by atoms with van der Waals surface area (Å²) in [6.45, 7) is 0. The minimum Gasteiger partial charge on any atom is -0.507 e. The zero-order chi connectivity index (χ0) is 20.2. The molecule has 0 amide bonds. The zero-order valence-corrected chi connectivity index (χ0v) is 16.2. The predicted octanol–water partition coefficient (Wildman–Crippen LogP) is 4.64. The Morgan fingerprint density at radius 1 is 0.900 bits per heavy atom. The van der Waals surface area contributed by atoms with Crippen LogP contribution in [-0.2, 0) is 0 Å². The first-order valence-electron chi connectivity index (χ1n) is 9.24. The van der Waals surface area contributed by atoms with Crippen LogP contribution in [0, 0.1) is 0 Å². The standard InChI is InChI=1S/C22H13ClN6O/c23-15-5-7-16(8-6-15)29-21-18(11-25-29)22-26-20(27-28(22)12-24-21)17-9-13-3-1-2-4-14(13)10-19(17)30/h1-12,30H. The van der Waals surface area contributed by atoms with Gasteiger partial charge in [-0.2, -0.15) is 5.10 Å². The van der Waals surface area contributed by atoms with E-state index in [0.29, 0.717) is 27.7 Å². The Morgan fingerprint density at radius 2 is 1.67 bits per heavy atom. The molecule has 0 aliphatic carbocycles. The van der Waals surface area contributed by atoms with E-state index in [0.717, 1.165) is 21.8 Å². The Hall–Kier alpha value is -3.97. The van der Waals surface area contributed by atoms with E-state index in [1.807, 2.05) is 42.5 Å². The Bertz CT molecular complexity index is 1570. The van der Waals surface area contributed by atoms with Gasteiger partial charge in [-0.1, -0.05) is 35.9 Å². The predicted molar refractivity (Wildman–Crippen MR) is 115 cm³/mol. The highest BCUT2D eigenvalue weighted by Gasteiger charge is 2.16. The van der Waals surface area contributed by atoms with Crippen LogP contribution < -0.4 is 0 Å². The fourth-order valence-electron chi connectivity index (χ4n) is 3.61. The van der Waals surface area contributed by atoms with Gasteiger partial charge in [0.05, 0.1) is 22.8 Å². The van der Waals surface area contributed by atoms with Crippen molar-refractivity contribution < 1.29 is 5.11 Å². The summed E-state index contributed by atoms with van der Waals surface area (Å²) in [6, 6.07) is 18.8. The van der Waals surface area contributed by atoms with Crippen molar-refractivity contribution in [2.24, 2.45) is 0 Å². The molecule has 3 aromatic heterocycles. The van der Waals surface area contributed by atoms with Gasteiger partial charge < -0.3 is 5.11 Å². The second kappa shape index (κ2) is 6.27. The summed E-state index contributed by atoms with van der Waals surface area (Å²) in [4.78, 5) is 9.19. The van der Waals surface area contributed by atoms with Crippen LogP contribution in [0.25, 0.3) is 44.5 Å². The van der Waals surface area contributed by atoms with E-state index in [1.165, 1.54) is 0 Å². The number of aromatic nitrogens is 6. The van der Waals surface area contributed by atoms with Gasteiger partial charge in [-0.3, -0.25) is 0 Å². The van der Waals surface area contributed by atoms with Crippen molar-refractivity contribution in [3.8, 4) is 22.8 Å². The summed E-state index contributed by atoms with van der Waals surface area (Å²) >= 11 is 5.99. The van der Waals surface area contributed by atoms with E-state index < -0.39 is 0 Å². The molecule has 3 heterocycles. The molecule has 0 radical (unpaired) electrons. The van der Waals surface area contributed by atoms with Crippen LogP contribution >= 0.6 is 11.6 Å². The smallest absolute Gasteiger partial charge is 0.185 e. The molecular weight excluding hydrogens is 400 g/mol. The SMILES string of the molecule is Oc1cc2ccccc2cc1-c1nc2c3cnn(-c4ccc(Cl)cc4)c3ncn2n1. The van der Waals surface area contributed by atoms with E-state index >= 15 is 0 Å². The van der Waals surface area contributed by atoms with E-state index in [4.69, 9.17) is 11.6 Å². The van der Waals surface area contributed by atoms with Crippen molar-refractivity contribution in [3.63, 3.8) is 0 Å². The summed E-state index contributed by atoms with van der Waals surface area (Å²) < 4.78 is 3.33. The Kier molecular flexibility index (Phi) is 3.54. The molecule has 7 nitrogen and oxygen atoms in total. The first-order chi connectivity index (χ1) is 14.7. The van der Waals surface area contributed by atoms with Gasteiger partial charge >= 0.3 is 0 Å². The third-order valence-electron chi connectivity index (χ3n) is 5.08. The van der Waals surface area contributed by atoms with Crippen molar-refractivity contribution in [3.05, 3.63) is 78.2 Å². The molecule has 0 aliphatic heterocycles. The maximum Gasteiger partial charge on any atom is 0.185 e. The number of halogens is 1. The zero-order valence-electron chi connectivity index (χ0n) is 15.4. The number of phenolic OH excluding ortho intramolecular Hbond substituents is 1.